The first-order chi connectivity index (χ1) is 9.79. The van der Waals surface area contributed by atoms with Gasteiger partial charge in [0.2, 0.25) is 0 Å². The molecule has 1 aromatic heterocycles. The second kappa shape index (κ2) is 7.25. The number of amides is 1. The van der Waals surface area contributed by atoms with E-state index >= 15 is 0 Å². The number of ether oxygens (including phenoxy) is 1. The van der Waals surface area contributed by atoms with Crippen LogP contribution in [-0.4, -0.2) is 31.2 Å². The van der Waals surface area contributed by atoms with E-state index in [1.165, 1.54) is 6.20 Å². The molecule has 0 aliphatic carbocycles. The predicted octanol–water partition coefficient (Wildman–Crippen LogP) is 2.20. The summed E-state index contributed by atoms with van der Waals surface area (Å²) in [5.74, 6) is -0.161. The second-order valence-corrected chi connectivity index (χ2v) is 4.20. The van der Waals surface area contributed by atoms with Crippen LogP contribution in [0.15, 0.2) is 48.8 Å². The summed E-state index contributed by atoms with van der Waals surface area (Å²) >= 11 is 0. The van der Waals surface area contributed by atoms with Gasteiger partial charge in [0.15, 0.2) is 0 Å². The molecule has 104 valence electrons. The first-order valence-electron chi connectivity index (χ1n) is 6.34. The molecule has 0 aliphatic heterocycles. The Morgan fingerprint density at radius 3 is 2.75 bits per heavy atom. The second-order valence-electron chi connectivity index (χ2n) is 4.20. The smallest absolute Gasteiger partial charge is 0.253 e. The van der Waals surface area contributed by atoms with E-state index in [1.54, 1.807) is 19.4 Å². The molecular weight excluding hydrogens is 254 g/mol. The molecule has 2 N–H and O–H groups in total. The standard InChI is InChI=1S/C15H17N3O2/c1-20-8-7-17-15(19)12-9-14(11-16-10-12)18-13-5-3-2-4-6-13/h2-6,9-11,18H,7-8H2,1H3,(H,17,19). The summed E-state index contributed by atoms with van der Waals surface area (Å²) in [7, 11) is 1.60. The predicted molar refractivity (Wildman–Crippen MR) is 78.2 cm³/mol. The van der Waals surface area contributed by atoms with Crippen molar-refractivity contribution in [1.29, 1.82) is 0 Å². The van der Waals surface area contributed by atoms with E-state index in [0.29, 0.717) is 18.7 Å². The van der Waals surface area contributed by atoms with Gasteiger partial charge in [-0.1, -0.05) is 18.2 Å². The van der Waals surface area contributed by atoms with Crippen molar-refractivity contribution in [3.8, 4) is 0 Å². The molecule has 1 aromatic carbocycles. The van der Waals surface area contributed by atoms with Crippen molar-refractivity contribution in [2.45, 2.75) is 0 Å². The average molecular weight is 271 g/mol. The Morgan fingerprint density at radius 2 is 2.00 bits per heavy atom. The number of hydrogen-bond donors (Lipinski definition) is 2. The van der Waals surface area contributed by atoms with Crippen molar-refractivity contribution in [2.75, 3.05) is 25.6 Å². The average Bonchev–Trinajstić information content (AvgIpc) is 2.49. The molecule has 20 heavy (non-hydrogen) atoms. The van der Waals surface area contributed by atoms with E-state index in [1.807, 2.05) is 30.3 Å². The molecule has 0 saturated heterocycles. The lowest BCUT2D eigenvalue weighted by molar-refractivity contribution is 0.0937. The lowest BCUT2D eigenvalue weighted by Crippen LogP contribution is -2.27. The Bertz CT molecular complexity index is 558. The van der Waals surface area contributed by atoms with E-state index in [9.17, 15) is 4.79 Å². The summed E-state index contributed by atoms with van der Waals surface area (Å²) in [6.07, 6.45) is 3.22. The number of nitrogens with zero attached hydrogens (tertiary/aromatic N) is 1. The van der Waals surface area contributed by atoms with E-state index in [2.05, 4.69) is 15.6 Å². The van der Waals surface area contributed by atoms with Crippen molar-refractivity contribution in [3.05, 3.63) is 54.4 Å². The van der Waals surface area contributed by atoms with Crippen LogP contribution in [0.1, 0.15) is 10.4 Å². The number of rotatable bonds is 6. The molecule has 2 aromatic rings. The summed E-state index contributed by atoms with van der Waals surface area (Å²) in [5, 5.41) is 5.96. The number of anilines is 2. The third kappa shape index (κ3) is 4.07. The number of nitrogens with one attached hydrogen (secondary N) is 2. The van der Waals surface area contributed by atoms with Crippen LogP contribution < -0.4 is 10.6 Å². The quantitative estimate of drug-likeness (QED) is 0.791. The zero-order chi connectivity index (χ0) is 14.2. The molecule has 0 aliphatic rings. The summed E-state index contributed by atoms with van der Waals surface area (Å²) < 4.78 is 4.89. The number of carbonyl (C=O) groups is 1. The highest BCUT2D eigenvalue weighted by Gasteiger charge is 2.06. The summed E-state index contributed by atoms with van der Waals surface area (Å²) in [6.45, 7) is 0.965. The first kappa shape index (κ1) is 14.0. The largest absolute Gasteiger partial charge is 0.383 e. The fourth-order valence-corrected chi connectivity index (χ4v) is 1.69. The van der Waals surface area contributed by atoms with Crippen LogP contribution in [0.5, 0.6) is 0 Å². The maximum Gasteiger partial charge on any atom is 0.253 e. The Hall–Kier alpha value is -2.40. The number of hydrogen-bond acceptors (Lipinski definition) is 4. The van der Waals surface area contributed by atoms with Gasteiger partial charge in [-0.3, -0.25) is 9.78 Å². The van der Waals surface area contributed by atoms with Gasteiger partial charge in [-0.05, 0) is 18.2 Å². The van der Waals surface area contributed by atoms with E-state index in [0.717, 1.165) is 11.4 Å². The molecule has 0 saturated carbocycles. The van der Waals surface area contributed by atoms with Gasteiger partial charge in [-0.2, -0.15) is 0 Å². The molecule has 0 bridgehead atoms. The van der Waals surface area contributed by atoms with Gasteiger partial charge in [0.25, 0.3) is 5.91 Å². The van der Waals surface area contributed by atoms with Crippen molar-refractivity contribution >= 4 is 17.3 Å². The maximum absolute atomic E-state index is 11.9. The van der Waals surface area contributed by atoms with Gasteiger partial charge in [-0.15, -0.1) is 0 Å². The molecule has 0 radical (unpaired) electrons. The molecule has 5 nitrogen and oxygen atoms in total. The zero-order valence-corrected chi connectivity index (χ0v) is 11.3. The van der Waals surface area contributed by atoms with Crippen LogP contribution in [0.4, 0.5) is 11.4 Å². The normalized spacial score (nSPS) is 10.1. The highest BCUT2D eigenvalue weighted by atomic mass is 16.5. The number of methoxy groups -OCH3 is 1. The fourth-order valence-electron chi connectivity index (χ4n) is 1.69. The number of para-hydroxylation sites is 1. The van der Waals surface area contributed by atoms with E-state index in [4.69, 9.17) is 4.74 Å². The number of aromatic nitrogens is 1. The topological polar surface area (TPSA) is 63.2 Å². The van der Waals surface area contributed by atoms with Crippen LogP contribution in [-0.2, 0) is 4.74 Å². The van der Waals surface area contributed by atoms with Crippen LogP contribution in [0.3, 0.4) is 0 Å². The lowest BCUT2D eigenvalue weighted by atomic mass is 10.2. The number of benzene rings is 1. The third-order valence-corrected chi connectivity index (χ3v) is 2.65. The molecule has 0 spiro atoms. The van der Waals surface area contributed by atoms with Crippen LogP contribution in [0, 0.1) is 0 Å². The SMILES string of the molecule is COCCNC(=O)c1cncc(Nc2ccccc2)c1. The minimum atomic E-state index is -0.161. The molecule has 2 rings (SSSR count). The van der Waals surface area contributed by atoms with Crippen molar-refractivity contribution in [2.24, 2.45) is 0 Å². The van der Waals surface area contributed by atoms with E-state index < -0.39 is 0 Å². The zero-order valence-electron chi connectivity index (χ0n) is 11.3. The highest BCUT2D eigenvalue weighted by molar-refractivity contribution is 5.94. The Labute approximate surface area is 118 Å². The monoisotopic (exact) mass is 271 g/mol. The van der Waals surface area contributed by atoms with Gasteiger partial charge >= 0.3 is 0 Å². The lowest BCUT2D eigenvalue weighted by Gasteiger charge is -2.08. The van der Waals surface area contributed by atoms with E-state index in [-0.39, 0.29) is 5.91 Å². The molecule has 0 fully saturated rings. The molecule has 1 amide bonds. The first-order valence-corrected chi connectivity index (χ1v) is 6.34. The minimum Gasteiger partial charge on any atom is -0.383 e. The van der Waals surface area contributed by atoms with Crippen LogP contribution >= 0.6 is 0 Å². The van der Waals surface area contributed by atoms with Gasteiger partial charge in [0.05, 0.1) is 24.1 Å². The summed E-state index contributed by atoms with van der Waals surface area (Å²) in [5.41, 5.74) is 2.24. The van der Waals surface area contributed by atoms with Gasteiger partial charge < -0.3 is 15.4 Å². The Kier molecular flexibility index (Phi) is 5.08. The maximum atomic E-state index is 11.9. The molecule has 5 heteroatoms. The Balaban J connectivity index is 2.02. The van der Waals surface area contributed by atoms with Crippen LogP contribution in [0.2, 0.25) is 0 Å². The molecular formula is C15H17N3O2. The molecule has 1 heterocycles. The summed E-state index contributed by atoms with van der Waals surface area (Å²) in [6, 6.07) is 11.5. The molecule has 0 atom stereocenters. The van der Waals surface area contributed by atoms with Gasteiger partial charge in [0.1, 0.15) is 0 Å². The number of pyridine rings is 1. The Morgan fingerprint density at radius 1 is 1.20 bits per heavy atom. The number of carbonyl (C=O) groups excluding carboxylic acids is 1. The van der Waals surface area contributed by atoms with Crippen molar-refractivity contribution in [3.63, 3.8) is 0 Å². The van der Waals surface area contributed by atoms with Gasteiger partial charge in [0, 0.05) is 25.5 Å². The van der Waals surface area contributed by atoms with Crippen molar-refractivity contribution in [1.82, 2.24) is 10.3 Å². The molecule has 0 unspecified atom stereocenters. The van der Waals surface area contributed by atoms with Crippen molar-refractivity contribution < 1.29 is 9.53 Å². The minimum absolute atomic E-state index is 0.161. The summed E-state index contributed by atoms with van der Waals surface area (Å²) in [4.78, 5) is 16.0. The fraction of sp³-hybridized carbons (Fsp3) is 0.200. The van der Waals surface area contributed by atoms with Gasteiger partial charge in [-0.25, -0.2) is 0 Å². The highest BCUT2D eigenvalue weighted by Crippen LogP contribution is 2.15. The van der Waals surface area contributed by atoms with Crippen LogP contribution in [0.25, 0.3) is 0 Å². The third-order valence-electron chi connectivity index (χ3n) is 2.65.